The predicted octanol–water partition coefficient (Wildman–Crippen LogP) is 1.69. The van der Waals surface area contributed by atoms with Gasteiger partial charge in [-0.15, -0.1) is 0 Å². The summed E-state index contributed by atoms with van der Waals surface area (Å²) in [6.45, 7) is 5.19. The van der Waals surface area contributed by atoms with Crippen molar-refractivity contribution < 1.29 is 4.79 Å². The van der Waals surface area contributed by atoms with Crippen molar-refractivity contribution in [1.29, 1.82) is 0 Å². The molecule has 4 nitrogen and oxygen atoms in total. The Morgan fingerprint density at radius 2 is 2.10 bits per heavy atom. The first kappa shape index (κ1) is 13.4. The summed E-state index contributed by atoms with van der Waals surface area (Å²) in [5, 5.41) is 0. The van der Waals surface area contributed by atoms with Crippen LogP contribution in [0.3, 0.4) is 0 Å². The van der Waals surface area contributed by atoms with E-state index in [4.69, 9.17) is 5.73 Å². The standard InChI is InChI=1S/C16H23N3O/c1-10(2)19-15(20)9-13(17)16(19)12-4-5-14-11(8-12)6-7-18(14)3/h4-5,8,10,13,16H,6-7,9,17H2,1-3H3. The highest BCUT2D eigenvalue weighted by Gasteiger charge is 2.40. The molecule has 0 radical (unpaired) electrons. The molecule has 1 aromatic rings. The van der Waals surface area contributed by atoms with Crippen LogP contribution in [0.1, 0.15) is 37.4 Å². The molecule has 2 aliphatic heterocycles. The van der Waals surface area contributed by atoms with E-state index in [1.807, 2.05) is 4.90 Å². The lowest BCUT2D eigenvalue weighted by Crippen LogP contribution is -2.37. The number of hydrogen-bond donors (Lipinski definition) is 1. The van der Waals surface area contributed by atoms with Crippen molar-refractivity contribution in [3.05, 3.63) is 29.3 Å². The molecule has 0 saturated carbocycles. The van der Waals surface area contributed by atoms with Crippen molar-refractivity contribution in [1.82, 2.24) is 4.90 Å². The van der Waals surface area contributed by atoms with Gasteiger partial charge in [0.2, 0.25) is 5.91 Å². The number of carbonyl (C=O) groups excluding carboxylic acids is 1. The van der Waals surface area contributed by atoms with Gasteiger partial charge in [-0.3, -0.25) is 4.79 Å². The van der Waals surface area contributed by atoms with Gasteiger partial charge in [-0.1, -0.05) is 12.1 Å². The molecule has 4 heteroatoms. The van der Waals surface area contributed by atoms with Gasteiger partial charge in [-0.05, 0) is 37.5 Å². The number of likely N-dealkylation sites (tertiary alicyclic amines) is 1. The molecular weight excluding hydrogens is 250 g/mol. The number of amides is 1. The number of nitrogens with zero attached hydrogens (tertiary/aromatic N) is 2. The largest absolute Gasteiger partial charge is 0.374 e. The first-order valence-electron chi connectivity index (χ1n) is 7.39. The van der Waals surface area contributed by atoms with Crippen LogP contribution in [0.15, 0.2) is 18.2 Å². The molecule has 2 atom stereocenters. The zero-order valence-electron chi connectivity index (χ0n) is 12.5. The molecule has 108 valence electrons. The van der Waals surface area contributed by atoms with Crippen molar-refractivity contribution >= 4 is 11.6 Å². The second-order valence-electron chi connectivity index (χ2n) is 6.27. The third-order valence-electron chi connectivity index (χ3n) is 4.53. The van der Waals surface area contributed by atoms with Crippen molar-refractivity contribution in [2.45, 2.75) is 44.8 Å². The van der Waals surface area contributed by atoms with Crippen LogP contribution < -0.4 is 10.6 Å². The summed E-state index contributed by atoms with van der Waals surface area (Å²) in [6, 6.07) is 6.68. The summed E-state index contributed by atoms with van der Waals surface area (Å²) in [5.74, 6) is 0.176. The molecular formula is C16H23N3O. The van der Waals surface area contributed by atoms with Gasteiger partial charge in [0.25, 0.3) is 0 Å². The number of carbonyl (C=O) groups is 1. The lowest BCUT2D eigenvalue weighted by molar-refractivity contribution is -0.130. The Balaban J connectivity index is 1.97. The molecule has 1 saturated heterocycles. The van der Waals surface area contributed by atoms with Crippen molar-refractivity contribution in [3.8, 4) is 0 Å². The Labute approximate surface area is 120 Å². The number of likely N-dealkylation sites (N-methyl/N-ethyl adjacent to an activating group) is 1. The normalized spacial score (nSPS) is 25.8. The summed E-state index contributed by atoms with van der Waals surface area (Å²) in [5.41, 5.74) is 10.1. The molecule has 3 rings (SSSR count). The number of fused-ring (bicyclic) bond motifs is 1. The Morgan fingerprint density at radius 1 is 1.35 bits per heavy atom. The van der Waals surface area contributed by atoms with Gasteiger partial charge < -0.3 is 15.5 Å². The van der Waals surface area contributed by atoms with Gasteiger partial charge in [-0.25, -0.2) is 0 Å². The van der Waals surface area contributed by atoms with E-state index >= 15 is 0 Å². The summed E-state index contributed by atoms with van der Waals surface area (Å²) in [4.78, 5) is 16.4. The molecule has 0 aliphatic carbocycles. The Hall–Kier alpha value is -1.55. The number of rotatable bonds is 2. The molecule has 2 aliphatic rings. The van der Waals surface area contributed by atoms with Crippen LogP contribution >= 0.6 is 0 Å². The fourth-order valence-corrected chi connectivity index (χ4v) is 3.57. The topological polar surface area (TPSA) is 49.6 Å². The first-order chi connectivity index (χ1) is 9.49. The Bertz CT molecular complexity index is 541. The van der Waals surface area contributed by atoms with E-state index in [1.165, 1.54) is 16.8 Å². The van der Waals surface area contributed by atoms with Gasteiger partial charge in [-0.2, -0.15) is 0 Å². The third-order valence-corrected chi connectivity index (χ3v) is 4.53. The number of nitrogens with two attached hydrogens (primary N) is 1. The summed E-state index contributed by atoms with van der Waals surface area (Å²) < 4.78 is 0. The lowest BCUT2D eigenvalue weighted by atomic mass is 9.97. The van der Waals surface area contributed by atoms with Crippen LogP contribution in [0.2, 0.25) is 0 Å². The molecule has 1 fully saturated rings. The monoisotopic (exact) mass is 273 g/mol. The van der Waals surface area contributed by atoms with E-state index in [1.54, 1.807) is 0 Å². The smallest absolute Gasteiger partial charge is 0.225 e. The molecule has 20 heavy (non-hydrogen) atoms. The average molecular weight is 273 g/mol. The zero-order valence-corrected chi connectivity index (χ0v) is 12.5. The molecule has 2 N–H and O–H groups in total. The second-order valence-corrected chi connectivity index (χ2v) is 6.27. The van der Waals surface area contributed by atoms with Crippen LogP contribution in [0.5, 0.6) is 0 Å². The molecule has 1 aromatic carbocycles. The minimum Gasteiger partial charge on any atom is -0.374 e. The third kappa shape index (κ3) is 1.99. The van der Waals surface area contributed by atoms with Gasteiger partial charge in [0, 0.05) is 37.8 Å². The minimum atomic E-state index is -0.0953. The van der Waals surface area contributed by atoms with Gasteiger partial charge in [0.1, 0.15) is 0 Å². The van der Waals surface area contributed by atoms with E-state index in [0.29, 0.717) is 6.42 Å². The fraction of sp³-hybridized carbons (Fsp3) is 0.562. The van der Waals surface area contributed by atoms with Crippen LogP contribution in [0.4, 0.5) is 5.69 Å². The fourth-order valence-electron chi connectivity index (χ4n) is 3.57. The highest BCUT2D eigenvalue weighted by molar-refractivity contribution is 5.80. The zero-order chi connectivity index (χ0) is 14.4. The highest BCUT2D eigenvalue weighted by Crippen LogP contribution is 2.37. The number of benzene rings is 1. The van der Waals surface area contributed by atoms with Gasteiger partial charge in [0.15, 0.2) is 0 Å². The van der Waals surface area contributed by atoms with Crippen LogP contribution in [-0.2, 0) is 11.2 Å². The van der Waals surface area contributed by atoms with Crippen molar-refractivity contribution in [2.75, 3.05) is 18.5 Å². The SMILES string of the molecule is CC(C)N1C(=O)CC(N)C1c1ccc2c(c1)CCN2C. The first-order valence-corrected chi connectivity index (χ1v) is 7.39. The van der Waals surface area contributed by atoms with Crippen molar-refractivity contribution in [2.24, 2.45) is 5.73 Å². The maximum atomic E-state index is 12.1. The highest BCUT2D eigenvalue weighted by atomic mass is 16.2. The van der Waals surface area contributed by atoms with E-state index in [0.717, 1.165) is 13.0 Å². The van der Waals surface area contributed by atoms with Gasteiger partial charge in [0.05, 0.1) is 6.04 Å². The van der Waals surface area contributed by atoms with Crippen LogP contribution in [-0.4, -0.2) is 36.5 Å². The maximum absolute atomic E-state index is 12.1. The van der Waals surface area contributed by atoms with Gasteiger partial charge >= 0.3 is 0 Å². The maximum Gasteiger partial charge on any atom is 0.225 e. The summed E-state index contributed by atoms with van der Waals surface area (Å²) >= 11 is 0. The average Bonchev–Trinajstić information content (AvgIpc) is 2.89. The lowest BCUT2D eigenvalue weighted by Gasteiger charge is -2.31. The van der Waals surface area contributed by atoms with E-state index in [2.05, 4.69) is 44.0 Å². The number of hydrogen-bond acceptors (Lipinski definition) is 3. The summed E-state index contributed by atoms with van der Waals surface area (Å²) in [6.07, 6.45) is 1.54. The molecule has 2 unspecified atom stereocenters. The Morgan fingerprint density at radius 3 is 2.80 bits per heavy atom. The Kier molecular flexibility index (Phi) is 3.21. The van der Waals surface area contributed by atoms with Crippen molar-refractivity contribution in [3.63, 3.8) is 0 Å². The predicted molar refractivity (Wildman–Crippen MR) is 80.7 cm³/mol. The van der Waals surface area contributed by atoms with Crippen LogP contribution in [0, 0.1) is 0 Å². The summed E-state index contributed by atoms with van der Waals surface area (Å²) in [7, 11) is 2.12. The molecule has 0 bridgehead atoms. The molecule has 2 heterocycles. The second kappa shape index (κ2) is 4.77. The van der Waals surface area contributed by atoms with E-state index < -0.39 is 0 Å². The molecule has 0 aromatic heterocycles. The minimum absolute atomic E-state index is 0.0266. The quantitative estimate of drug-likeness (QED) is 0.892. The molecule has 1 amide bonds. The molecule has 0 spiro atoms. The van der Waals surface area contributed by atoms with Crippen LogP contribution in [0.25, 0.3) is 0 Å². The van der Waals surface area contributed by atoms with E-state index in [-0.39, 0.29) is 24.0 Å². The van der Waals surface area contributed by atoms with E-state index in [9.17, 15) is 4.79 Å². The number of anilines is 1.